The molecule has 10 N–H and O–H groups in total. The number of H-pyrrole nitrogens is 2. The van der Waals surface area contributed by atoms with Gasteiger partial charge in [-0.05, 0) is 65.1 Å². The van der Waals surface area contributed by atoms with Crippen LogP contribution in [0.4, 0.5) is 0 Å². The highest BCUT2D eigenvalue weighted by molar-refractivity contribution is 5.95. The molecule has 0 radical (unpaired) electrons. The number of aromatic amines is 2. The van der Waals surface area contributed by atoms with E-state index < -0.39 is 47.9 Å². The summed E-state index contributed by atoms with van der Waals surface area (Å²) in [5.74, 6) is -3.29. The van der Waals surface area contributed by atoms with Gasteiger partial charge < -0.3 is 47.0 Å². The van der Waals surface area contributed by atoms with Crippen LogP contribution in [0.25, 0.3) is 21.8 Å². The monoisotopic (exact) mass is 716 g/mol. The number of nitrogens with two attached hydrogens (primary N) is 1. The fourth-order valence-corrected chi connectivity index (χ4v) is 6.33. The maximum absolute atomic E-state index is 14.2. The molecule has 0 bridgehead atoms. The zero-order chi connectivity index (χ0) is 37.5. The van der Waals surface area contributed by atoms with E-state index in [0.29, 0.717) is 16.7 Å². The standard InChI is InChI=1S/C40H40N6O7/c41-31(19-25-21-42-32-7-3-1-5-29(25)32)37(49)44-34(17-23-9-13-27(47)14-10-23)38(50)45-35(20-26-22-43-33-8-4-2-6-30(26)33)39(51)46-36(40(52)53)18-24-11-15-28(48)16-12-24/h1-16,21-22,31,34-36,42-43,47-48H,17-20,41H2,(H,44,49)(H,45,50)(H,46,51)(H,52,53). The molecule has 0 spiro atoms. The Hall–Kier alpha value is -6.60. The SMILES string of the molecule is NC(Cc1c[nH]c2ccccc12)C(=O)NC(Cc1ccc(O)cc1)C(=O)NC(Cc1c[nH]c2ccccc12)C(=O)NC(Cc1ccc(O)cc1)C(=O)O. The minimum absolute atomic E-state index is 0.00230. The number of carboxylic acid groups (broad SMARTS) is 1. The van der Waals surface area contributed by atoms with Gasteiger partial charge in [0.1, 0.15) is 29.6 Å². The summed E-state index contributed by atoms with van der Waals surface area (Å²) in [6.45, 7) is 0. The summed E-state index contributed by atoms with van der Waals surface area (Å²) in [6, 6.07) is 22.3. The third-order valence-corrected chi connectivity index (χ3v) is 9.18. The normalized spacial score (nSPS) is 13.5. The summed E-state index contributed by atoms with van der Waals surface area (Å²) in [5, 5.41) is 39.4. The number of hydrogen-bond donors (Lipinski definition) is 9. The number of benzene rings is 4. The average Bonchev–Trinajstić information content (AvgIpc) is 3.76. The first-order valence-corrected chi connectivity index (χ1v) is 17.1. The van der Waals surface area contributed by atoms with Crippen molar-refractivity contribution in [2.45, 2.75) is 49.9 Å². The van der Waals surface area contributed by atoms with Crippen LogP contribution >= 0.6 is 0 Å². The molecule has 2 heterocycles. The Morgan fingerprint density at radius 2 is 0.962 bits per heavy atom. The van der Waals surface area contributed by atoms with E-state index in [-0.39, 0.29) is 37.2 Å². The molecule has 13 heteroatoms. The first kappa shape index (κ1) is 36.2. The molecule has 0 saturated carbocycles. The van der Waals surface area contributed by atoms with Gasteiger partial charge in [0.05, 0.1) is 6.04 Å². The number of nitrogens with one attached hydrogen (secondary N) is 5. The first-order chi connectivity index (χ1) is 25.5. The van der Waals surface area contributed by atoms with Crippen molar-refractivity contribution in [3.05, 3.63) is 132 Å². The Labute approximate surface area is 304 Å². The number of carboxylic acids is 1. The van der Waals surface area contributed by atoms with E-state index in [1.165, 1.54) is 24.3 Å². The molecular weight excluding hydrogens is 676 g/mol. The van der Waals surface area contributed by atoms with Crippen molar-refractivity contribution in [1.82, 2.24) is 25.9 Å². The summed E-state index contributed by atoms with van der Waals surface area (Å²) >= 11 is 0. The lowest BCUT2D eigenvalue weighted by atomic mass is 10.00. The number of carbonyl (C=O) groups is 4. The molecule has 2 aromatic heterocycles. The van der Waals surface area contributed by atoms with Crippen LogP contribution in [-0.4, -0.2) is 73.1 Å². The van der Waals surface area contributed by atoms with E-state index in [0.717, 1.165) is 27.4 Å². The summed E-state index contributed by atoms with van der Waals surface area (Å²) in [4.78, 5) is 60.3. The number of rotatable bonds is 15. The van der Waals surface area contributed by atoms with Gasteiger partial charge in [0.2, 0.25) is 17.7 Å². The van der Waals surface area contributed by atoms with E-state index in [2.05, 4.69) is 25.9 Å². The Morgan fingerprint density at radius 3 is 1.47 bits per heavy atom. The quantitative estimate of drug-likeness (QED) is 0.0766. The van der Waals surface area contributed by atoms with E-state index in [4.69, 9.17) is 5.73 Å². The van der Waals surface area contributed by atoms with Crippen LogP contribution in [0.5, 0.6) is 11.5 Å². The van der Waals surface area contributed by atoms with Gasteiger partial charge in [0.25, 0.3) is 0 Å². The van der Waals surface area contributed by atoms with Gasteiger partial charge in [-0.1, -0.05) is 60.7 Å². The molecule has 6 aromatic rings. The summed E-state index contributed by atoms with van der Waals surface area (Å²) in [6.07, 6.45) is 3.61. The molecule has 4 atom stereocenters. The maximum Gasteiger partial charge on any atom is 0.326 e. The van der Waals surface area contributed by atoms with Crippen LogP contribution in [0, 0.1) is 0 Å². The topological polar surface area (TPSA) is 223 Å². The Bertz CT molecular complexity index is 2230. The molecule has 53 heavy (non-hydrogen) atoms. The van der Waals surface area contributed by atoms with Gasteiger partial charge in [-0.15, -0.1) is 0 Å². The van der Waals surface area contributed by atoms with Crippen LogP contribution < -0.4 is 21.7 Å². The number of hydrogen-bond acceptors (Lipinski definition) is 7. The van der Waals surface area contributed by atoms with Crippen LogP contribution in [0.15, 0.2) is 109 Å². The number of aromatic nitrogens is 2. The zero-order valence-corrected chi connectivity index (χ0v) is 28.6. The molecule has 13 nitrogen and oxygen atoms in total. The molecule has 0 aliphatic rings. The van der Waals surface area contributed by atoms with Crippen LogP contribution in [0.1, 0.15) is 22.3 Å². The second kappa shape index (κ2) is 16.2. The third-order valence-electron chi connectivity index (χ3n) is 9.18. The fourth-order valence-electron chi connectivity index (χ4n) is 6.33. The lowest BCUT2D eigenvalue weighted by molar-refractivity contribution is -0.142. The van der Waals surface area contributed by atoms with Gasteiger partial charge in [0, 0.05) is 53.5 Å². The molecule has 4 unspecified atom stereocenters. The second-order valence-corrected chi connectivity index (χ2v) is 13.0. The average molecular weight is 717 g/mol. The lowest BCUT2D eigenvalue weighted by Crippen LogP contribution is -2.58. The highest BCUT2D eigenvalue weighted by Crippen LogP contribution is 2.21. The van der Waals surface area contributed by atoms with Gasteiger partial charge in [0.15, 0.2) is 0 Å². The second-order valence-electron chi connectivity index (χ2n) is 13.0. The van der Waals surface area contributed by atoms with E-state index in [9.17, 15) is 34.5 Å². The van der Waals surface area contributed by atoms with Crippen molar-refractivity contribution < 1.29 is 34.5 Å². The predicted octanol–water partition coefficient (Wildman–Crippen LogP) is 3.20. The first-order valence-electron chi connectivity index (χ1n) is 17.1. The van der Waals surface area contributed by atoms with Crippen LogP contribution in [0.3, 0.4) is 0 Å². The van der Waals surface area contributed by atoms with Crippen molar-refractivity contribution in [1.29, 1.82) is 0 Å². The predicted molar refractivity (Wildman–Crippen MR) is 199 cm³/mol. The highest BCUT2D eigenvalue weighted by Gasteiger charge is 2.31. The van der Waals surface area contributed by atoms with Crippen LogP contribution in [0.2, 0.25) is 0 Å². The smallest absolute Gasteiger partial charge is 0.326 e. The van der Waals surface area contributed by atoms with Crippen molar-refractivity contribution in [3.8, 4) is 11.5 Å². The molecular formula is C40H40N6O7. The Morgan fingerprint density at radius 1 is 0.547 bits per heavy atom. The minimum atomic E-state index is -1.36. The van der Waals surface area contributed by atoms with Crippen molar-refractivity contribution >= 4 is 45.5 Å². The van der Waals surface area contributed by atoms with E-state index in [1.54, 1.807) is 36.7 Å². The van der Waals surface area contributed by atoms with Crippen LogP contribution in [-0.2, 0) is 44.9 Å². The molecule has 272 valence electrons. The largest absolute Gasteiger partial charge is 0.508 e. The molecule has 0 saturated heterocycles. The minimum Gasteiger partial charge on any atom is -0.508 e. The molecule has 6 rings (SSSR count). The number of phenolic OH excluding ortho intramolecular Hbond substituents is 2. The molecule has 4 aromatic carbocycles. The molecule has 0 fully saturated rings. The van der Waals surface area contributed by atoms with E-state index in [1.807, 2.05) is 48.5 Å². The number of para-hydroxylation sites is 2. The van der Waals surface area contributed by atoms with Gasteiger partial charge in [-0.25, -0.2) is 4.79 Å². The lowest BCUT2D eigenvalue weighted by Gasteiger charge is -2.25. The maximum atomic E-state index is 14.2. The Balaban J connectivity index is 1.25. The number of phenols is 2. The summed E-state index contributed by atoms with van der Waals surface area (Å²) in [5.41, 5.74) is 10.8. The zero-order valence-electron chi connectivity index (χ0n) is 28.6. The number of aliphatic carboxylic acids is 1. The molecule has 3 amide bonds. The number of amides is 3. The fraction of sp³-hybridized carbons (Fsp3) is 0.200. The summed E-state index contributed by atoms with van der Waals surface area (Å²) < 4.78 is 0. The van der Waals surface area contributed by atoms with Gasteiger partial charge in [-0.3, -0.25) is 14.4 Å². The third kappa shape index (κ3) is 9.01. The van der Waals surface area contributed by atoms with Crippen molar-refractivity contribution in [2.24, 2.45) is 5.73 Å². The number of fused-ring (bicyclic) bond motifs is 2. The van der Waals surface area contributed by atoms with Crippen molar-refractivity contribution in [3.63, 3.8) is 0 Å². The number of carbonyl (C=O) groups excluding carboxylic acids is 3. The Kier molecular flexibility index (Phi) is 11.0. The number of aromatic hydroxyl groups is 2. The van der Waals surface area contributed by atoms with Crippen molar-refractivity contribution in [2.75, 3.05) is 0 Å². The highest BCUT2D eigenvalue weighted by atomic mass is 16.4. The van der Waals surface area contributed by atoms with Gasteiger partial charge in [-0.2, -0.15) is 0 Å². The molecule has 0 aliphatic heterocycles. The van der Waals surface area contributed by atoms with E-state index >= 15 is 0 Å². The summed E-state index contributed by atoms with van der Waals surface area (Å²) in [7, 11) is 0. The van der Waals surface area contributed by atoms with Gasteiger partial charge >= 0.3 is 5.97 Å². The molecule has 0 aliphatic carbocycles.